The summed E-state index contributed by atoms with van der Waals surface area (Å²) in [7, 11) is 0. The van der Waals surface area contributed by atoms with Crippen molar-refractivity contribution in [3.05, 3.63) is 206 Å². The summed E-state index contributed by atoms with van der Waals surface area (Å²) in [6, 6.07) is 65.7. The number of fused-ring (bicyclic) bond motifs is 13. The largest absolute Gasteiger partial charge is 0.353 e. The van der Waals surface area contributed by atoms with Gasteiger partial charge in [-0.1, -0.05) is 158 Å². The molecule has 6 heteroatoms. The standard InChI is InChI=1S/C59H38N6/c1-3-18-38(19-4-1)57-61-58(39-20-5-2-6-21-39)63-59(62-57)45-26-15-27-47-53(45)46-34-40(64-48-28-13-11-24-43(48)54-41-22-9-7-16-36(41)30-32-50(54)64)35-52(56(46)60-47)65-49-29-14-12-25-44(49)55-42-23-10-8-17-37(42)31-33-51(55)65/h1-5,7-20,22-35,60H,6,21H2. The Morgan fingerprint density at radius 3 is 1.77 bits per heavy atom. The Hall–Kier alpha value is -8.61. The van der Waals surface area contributed by atoms with E-state index < -0.39 is 0 Å². The normalized spacial score (nSPS) is 13.1. The van der Waals surface area contributed by atoms with Crippen LogP contribution in [0.3, 0.4) is 0 Å². The zero-order valence-corrected chi connectivity index (χ0v) is 35.2. The second kappa shape index (κ2) is 13.9. The Balaban J connectivity index is 1.13. The number of aromatic nitrogens is 6. The van der Waals surface area contributed by atoms with Gasteiger partial charge in [0.1, 0.15) is 0 Å². The maximum atomic E-state index is 5.31. The summed E-state index contributed by atoms with van der Waals surface area (Å²) >= 11 is 0. The number of para-hydroxylation sites is 2. The first kappa shape index (κ1) is 35.9. The second-order valence-electron chi connectivity index (χ2n) is 17.1. The Labute approximate surface area is 373 Å². The first-order valence-electron chi connectivity index (χ1n) is 22.3. The highest BCUT2D eigenvalue weighted by atomic mass is 15.0. The highest BCUT2D eigenvalue weighted by Gasteiger charge is 2.24. The molecule has 0 radical (unpaired) electrons. The summed E-state index contributed by atoms with van der Waals surface area (Å²) in [4.78, 5) is 19.7. The third kappa shape index (κ3) is 5.38. The third-order valence-corrected chi connectivity index (χ3v) is 13.5. The minimum Gasteiger partial charge on any atom is -0.353 e. The predicted octanol–water partition coefficient (Wildman–Crippen LogP) is 15.1. The zero-order chi connectivity index (χ0) is 42.6. The fourth-order valence-corrected chi connectivity index (χ4v) is 10.7. The molecule has 6 nitrogen and oxygen atoms in total. The van der Waals surface area contributed by atoms with Crippen molar-refractivity contribution >= 4 is 92.5 Å². The van der Waals surface area contributed by atoms with E-state index in [0.29, 0.717) is 17.5 Å². The van der Waals surface area contributed by atoms with Crippen molar-refractivity contribution in [3.8, 4) is 34.2 Å². The van der Waals surface area contributed by atoms with Crippen LogP contribution in [0.2, 0.25) is 0 Å². The van der Waals surface area contributed by atoms with Crippen molar-refractivity contribution in [1.82, 2.24) is 29.1 Å². The molecule has 0 saturated heterocycles. The van der Waals surface area contributed by atoms with Gasteiger partial charge in [-0.05, 0) is 82.4 Å². The van der Waals surface area contributed by atoms with Crippen LogP contribution in [0.4, 0.5) is 0 Å². The Bertz CT molecular complexity index is 4180. The molecule has 0 bridgehead atoms. The molecule has 0 amide bonds. The Morgan fingerprint density at radius 1 is 0.446 bits per heavy atom. The van der Waals surface area contributed by atoms with Gasteiger partial charge in [-0.2, -0.15) is 0 Å². The molecule has 9 aromatic carbocycles. The fraction of sp³-hybridized carbons (Fsp3) is 0.0339. The predicted molar refractivity (Wildman–Crippen MR) is 270 cm³/mol. The maximum absolute atomic E-state index is 5.31. The molecule has 0 unspecified atom stereocenters. The summed E-state index contributed by atoms with van der Waals surface area (Å²) in [5.41, 5.74) is 11.8. The van der Waals surface area contributed by atoms with Crippen LogP contribution in [0, 0.1) is 0 Å². The van der Waals surface area contributed by atoms with E-state index in [4.69, 9.17) is 15.0 Å². The van der Waals surface area contributed by atoms with Crippen molar-refractivity contribution in [2.45, 2.75) is 12.8 Å². The Kier molecular flexibility index (Phi) is 7.71. The first-order chi connectivity index (χ1) is 32.2. The molecule has 1 aliphatic rings. The van der Waals surface area contributed by atoms with Crippen LogP contribution >= 0.6 is 0 Å². The van der Waals surface area contributed by atoms with Crippen molar-refractivity contribution in [2.75, 3.05) is 0 Å². The van der Waals surface area contributed by atoms with E-state index in [1.807, 2.05) is 18.2 Å². The number of nitrogens with one attached hydrogen (secondary N) is 1. The monoisotopic (exact) mass is 830 g/mol. The van der Waals surface area contributed by atoms with E-state index in [1.54, 1.807) is 0 Å². The zero-order valence-electron chi connectivity index (χ0n) is 35.2. The number of H-pyrrole nitrogens is 1. The SMILES string of the molecule is C1=CCCC(c2nc(-c3ccccc3)nc(-c3cccc4[nH]c5c(-n6c7ccccc7c7c8ccccc8ccc76)cc(-n6c7ccccc7c7c8ccccc8ccc76)cc5c34)n2)=C1. The topological polar surface area (TPSA) is 64.3 Å². The van der Waals surface area contributed by atoms with E-state index in [1.165, 1.54) is 43.1 Å². The van der Waals surface area contributed by atoms with Gasteiger partial charge in [0.15, 0.2) is 17.5 Å². The molecule has 0 spiro atoms. The van der Waals surface area contributed by atoms with E-state index in [9.17, 15) is 0 Å². The van der Waals surface area contributed by atoms with Crippen molar-refractivity contribution in [1.29, 1.82) is 0 Å². The van der Waals surface area contributed by atoms with Gasteiger partial charge in [-0.15, -0.1) is 0 Å². The number of aromatic amines is 1. The molecule has 14 rings (SSSR count). The minimum atomic E-state index is 0.648. The summed E-state index contributed by atoms with van der Waals surface area (Å²) in [6.07, 6.45) is 8.29. The van der Waals surface area contributed by atoms with Crippen molar-refractivity contribution < 1.29 is 0 Å². The summed E-state index contributed by atoms with van der Waals surface area (Å²) in [6.45, 7) is 0. The third-order valence-electron chi connectivity index (χ3n) is 13.5. The van der Waals surface area contributed by atoms with Crippen molar-refractivity contribution in [2.24, 2.45) is 0 Å². The second-order valence-corrected chi connectivity index (χ2v) is 17.1. The molecule has 304 valence electrons. The quantitative estimate of drug-likeness (QED) is 0.188. The molecule has 4 aromatic heterocycles. The molecule has 1 N–H and O–H groups in total. The summed E-state index contributed by atoms with van der Waals surface area (Å²) in [5, 5.41) is 12.0. The van der Waals surface area contributed by atoms with E-state index in [0.717, 1.165) is 84.8 Å². The molecule has 0 saturated carbocycles. The lowest BCUT2D eigenvalue weighted by molar-refractivity contribution is 0.979. The number of nitrogens with zero attached hydrogens (tertiary/aromatic N) is 5. The van der Waals surface area contributed by atoms with Crippen LogP contribution in [-0.2, 0) is 0 Å². The summed E-state index contributed by atoms with van der Waals surface area (Å²) in [5.74, 6) is 2.02. The van der Waals surface area contributed by atoms with Gasteiger partial charge in [-0.3, -0.25) is 0 Å². The van der Waals surface area contributed by atoms with Crippen LogP contribution in [0.5, 0.6) is 0 Å². The number of rotatable bonds is 5. The van der Waals surface area contributed by atoms with Gasteiger partial charge in [-0.25, -0.2) is 15.0 Å². The van der Waals surface area contributed by atoms with Gasteiger partial charge >= 0.3 is 0 Å². The van der Waals surface area contributed by atoms with Gasteiger partial charge < -0.3 is 14.1 Å². The van der Waals surface area contributed by atoms with Crippen LogP contribution in [-0.4, -0.2) is 29.1 Å². The van der Waals surface area contributed by atoms with E-state index in [-0.39, 0.29) is 0 Å². The molecule has 0 atom stereocenters. The number of allylic oxidation sites excluding steroid dienone is 4. The molecule has 13 aromatic rings. The maximum Gasteiger partial charge on any atom is 0.164 e. The van der Waals surface area contributed by atoms with E-state index in [2.05, 4.69) is 196 Å². The van der Waals surface area contributed by atoms with Crippen LogP contribution in [0.1, 0.15) is 18.7 Å². The molecule has 1 aliphatic carbocycles. The Morgan fingerprint density at radius 2 is 1.06 bits per heavy atom. The molecule has 0 aliphatic heterocycles. The lowest BCUT2D eigenvalue weighted by Crippen LogP contribution is -2.04. The minimum absolute atomic E-state index is 0.648. The van der Waals surface area contributed by atoms with Crippen molar-refractivity contribution in [3.63, 3.8) is 0 Å². The van der Waals surface area contributed by atoms with Gasteiger partial charge in [0.2, 0.25) is 0 Å². The molecule has 0 fully saturated rings. The molecule has 65 heavy (non-hydrogen) atoms. The van der Waals surface area contributed by atoms with Crippen LogP contribution in [0.25, 0.3) is 127 Å². The fourth-order valence-electron chi connectivity index (χ4n) is 10.7. The highest BCUT2D eigenvalue weighted by molar-refractivity contribution is 6.24. The number of hydrogen-bond donors (Lipinski definition) is 1. The van der Waals surface area contributed by atoms with Gasteiger partial charge in [0, 0.05) is 54.6 Å². The van der Waals surface area contributed by atoms with Gasteiger partial charge in [0.25, 0.3) is 0 Å². The van der Waals surface area contributed by atoms with Crippen LogP contribution < -0.4 is 0 Å². The van der Waals surface area contributed by atoms with Crippen LogP contribution in [0.15, 0.2) is 200 Å². The molecule has 4 heterocycles. The van der Waals surface area contributed by atoms with Gasteiger partial charge in [0.05, 0.1) is 33.3 Å². The smallest absolute Gasteiger partial charge is 0.164 e. The summed E-state index contributed by atoms with van der Waals surface area (Å²) < 4.78 is 4.93. The lowest BCUT2D eigenvalue weighted by atomic mass is 10.0. The van der Waals surface area contributed by atoms with E-state index >= 15 is 0 Å². The molecular weight excluding hydrogens is 793 g/mol. The first-order valence-corrected chi connectivity index (χ1v) is 22.3. The number of hydrogen-bond acceptors (Lipinski definition) is 3. The molecular formula is C59H38N6. The number of benzene rings is 9. The highest BCUT2D eigenvalue weighted by Crippen LogP contribution is 2.44. The lowest BCUT2D eigenvalue weighted by Gasteiger charge is -2.15. The average Bonchev–Trinajstić information content (AvgIpc) is 4.05. The average molecular weight is 831 g/mol.